The van der Waals surface area contributed by atoms with Gasteiger partial charge in [-0.15, -0.1) is 0 Å². The van der Waals surface area contributed by atoms with Crippen LogP contribution in [0.5, 0.6) is 11.5 Å². The van der Waals surface area contributed by atoms with Crippen molar-refractivity contribution in [3.63, 3.8) is 0 Å². The highest BCUT2D eigenvalue weighted by molar-refractivity contribution is 6.14. The van der Waals surface area contributed by atoms with Crippen LogP contribution in [-0.2, 0) is 14.3 Å². The highest BCUT2D eigenvalue weighted by Crippen LogP contribution is 2.41. The molecule has 8 nitrogen and oxygen atoms in total. The quantitative estimate of drug-likeness (QED) is 0.303. The minimum atomic E-state index is -0.761. The average molecular weight is 533 g/mol. The van der Waals surface area contributed by atoms with Gasteiger partial charge in [-0.2, -0.15) is 0 Å². The number of morpholine rings is 1. The zero-order valence-corrected chi connectivity index (χ0v) is 22.4. The highest BCUT2D eigenvalue weighted by Gasteiger charge is 2.43. The third-order valence-corrected chi connectivity index (χ3v) is 6.71. The largest absolute Gasteiger partial charge is 0.503 e. The summed E-state index contributed by atoms with van der Waals surface area (Å²) in [5.74, 6) is -0.456. The van der Waals surface area contributed by atoms with Gasteiger partial charge in [-0.3, -0.25) is 14.5 Å². The number of amides is 1. The molecule has 4 rings (SSSR count). The summed E-state index contributed by atoms with van der Waals surface area (Å²) < 4.78 is 17.0. The summed E-state index contributed by atoms with van der Waals surface area (Å²) in [6, 6.07) is 14.0. The van der Waals surface area contributed by atoms with Crippen LogP contribution in [0, 0.1) is 0 Å². The van der Waals surface area contributed by atoms with E-state index in [0.717, 1.165) is 25.2 Å². The van der Waals surface area contributed by atoms with Gasteiger partial charge in [-0.25, -0.2) is 0 Å². The fraction of sp³-hybridized carbons (Fsp3) is 0.355. The lowest BCUT2D eigenvalue weighted by Crippen LogP contribution is -2.39. The molecule has 206 valence electrons. The van der Waals surface area contributed by atoms with Crippen LogP contribution in [0.3, 0.4) is 0 Å². The Morgan fingerprint density at radius 3 is 2.59 bits per heavy atom. The highest BCUT2D eigenvalue weighted by atomic mass is 16.5. The monoisotopic (exact) mass is 532 g/mol. The van der Waals surface area contributed by atoms with Crippen molar-refractivity contribution in [3.8, 4) is 11.5 Å². The number of ether oxygens (including phenoxy) is 3. The Hall–Kier alpha value is -3.88. The van der Waals surface area contributed by atoms with Gasteiger partial charge < -0.3 is 24.2 Å². The number of rotatable bonds is 13. The van der Waals surface area contributed by atoms with Gasteiger partial charge in [0.1, 0.15) is 6.61 Å². The Balaban J connectivity index is 1.64. The van der Waals surface area contributed by atoms with E-state index in [-0.39, 0.29) is 5.57 Å². The van der Waals surface area contributed by atoms with Gasteiger partial charge in [0, 0.05) is 26.2 Å². The summed E-state index contributed by atoms with van der Waals surface area (Å²) >= 11 is 0. The number of aliphatic hydroxyl groups is 1. The number of allylic oxidation sites excluding steroid dienone is 1. The summed E-state index contributed by atoms with van der Waals surface area (Å²) in [7, 11) is 0. The van der Waals surface area contributed by atoms with E-state index in [4.69, 9.17) is 14.2 Å². The Labute approximate surface area is 229 Å². The number of hydrogen-bond donors (Lipinski definition) is 1. The molecule has 0 spiro atoms. The predicted octanol–water partition coefficient (Wildman–Crippen LogP) is 4.35. The molecule has 2 aliphatic heterocycles. The Bertz CT molecular complexity index is 1220. The first-order valence-corrected chi connectivity index (χ1v) is 13.4. The Morgan fingerprint density at radius 2 is 1.87 bits per heavy atom. The maximum absolute atomic E-state index is 13.5. The van der Waals surface area contributed by atoms with Gasteiger partial charge in [-0.1, -0.05) is 55.1 Å². The van der Waals surface area contributed by atoms with Crippen molar-refractivity contribution < 1.29 is 28.9 Å². The Kier molecular flexibility index (Phi) is 9.94. The minimum Gasteiger partial charge on any atom is -0.503 e. The molecule has 2 heterocycles. The average Bonchev–Trinajstić information content (AvgIpc) is 3.21. The van der Waals surface area contributed by atoms with E-state index >= 15 is 0 Å². The molecule has 39 heavy (non-hydrogen) atoms. The van der Waals surface area contributed by atoms with Gasteiger partial charge in [0.15, 0.2) is 23.0 Å². The second-order valence-corrected chi connectivity index (χ2v) is 9.32. The number of carbonyl (C=O) groups excluding carboxylic acids is 2. The number of benzene rings is 2. The normalized spacial score (nSPS) is 18.1. The molecule has 2 aromatic rings. The second-order valence-electron chi connectivity index (χ2n) is 9.32. The number of ketones is 1. The van der Waals surface area contributed by atoms with Crippen molar-refractivity contribution >= 4 is 17.8 Å². The van der Waals surface area contributed by atoms with E-state index in [9.17, 15) is 14.7 Å². The van der Waals surface area contributed by atoms with Gasteiger partial charge in [-0.05, 0) is 42.7 Å². The van der Waals surface area contributed by atoms with Gasteiger partial charge in [0.2, 0.25) is 0 Å². The van der Waals surface area contributed by atoms with Gasteiger partial charge in [0.25, 0.3) is 5.91 Å². The topological polar surface area (TPSA) is 88.5 Å². The summed E-state index contributed by atoms with van der Waals surface area (Å²) in [5.41, 5.74) is 1.56. The lowest BCUT2D eigenvalue weighted by Gasteiger charge is -2.30. The molecular weight excluding hydrogens is 496 g/mol. The van der Waals surface area contributed by atoms with Crippen molar-refractivity contribution in [1.82, 2.24) is 9.80 Å². The van der Waals surface area contributed by atoms with E-state index in [1.54, 1.807) is 35.3 Å². The number of carbonyl (C=O) groups is 2. The van der Waals surface area contributed by atoms with E-state index in [1.807, 2.05) is 37.3 Å². The molecule has 1 N–H and O–H groups in total. The van der Waals surface area contributed by atoms with Crippen LogP contribution in [0.25, 0.3) is 6.08 Å². The summed E-state index contributed by atoms with van der Waals surface area (Å²) in [4.78, 5) is 30.7. The predicted molar refractivity (Wildman–Crippen MR) is 150 cm³/mol. The summed E-state index contributed by atoms with van der Waals surface area (Å²) in [6.45, 7) is 10.5. The maximum atomic E-state index is 13.5. The number of hydrogen-bond acceptors (Lipinski definition) is 7. The van der Waals surface area contributed by atoms with Crippen LogP contribution in [0.4, 0.5) is 0 Å². The molecule has 1 fully saturated rings. The molecule has 1 atom stereocenters. The van der Waals surface area contributed by atoms with Crippen LogP contribution in [0.2, 0.25) is 0 Å². The fourth-order valence-electron chi connectivity index (χ4n) is 4.83. The summed E-state index contributed by atoms with van der Waals surface area (Å²) in [5, 5.41) is 11.0. The molecular formula is C31H36N2O6. The van der Waals surface area contributed by atoms with Crippen LogP contribution in [-0.4, -0.2) is 79.2 Å². The Morgan fingerprint density at radius 1 is 1.10 bits per heavy atom. The first kappa shape index (κ1) is 28.1. The van der Waals surface area contributed by atoms with Crippen molar-refractivity contribution in [2.75, 3.05) is 52.6 Å². The molecule has 0 saturated carbocycles. The number of nitrogens with zero attached hydrogens (tertiary/aromatic N) is 2. The molecule has 1 unspecified atom stereocenters. The van der Waals surface area contributed by atoms with Gasteiger partial charge >= 0.3 is 0 Å². The van der Waals surface area contributed by atoms with E-state index < -0.39 is 23.5 Å². The first-order valence-electron chi connectivity index (χ1n) is 13.4. The number of aliphatic hydroxyl groups excluding tert-OH is 1. The van der Waals surface area contributed by atoms with Crippen LogP contribution in [0.1, 0.15) is 30.5 Å². The van der Waals surface area contributed by atoms with Crippen molar-refractivity contribution in [2.24, 2.45) is 0 Å². The maximum Gasteiger partial charge on any atom is 0.290 e. The molecule has 0 aliphatic carbocycles. The smallest absolute Gasteiger partial charge is 0.290 e. The lowest BCUT2D eigenvalue weighted by molar-refractivity contribution is -0.129. The summed E-state index contributed by atoms with van der Waals surface area (Å²) in [6.07, 6.45) is 5.42. The molecule has 0 bridgehead atoms. The second kappa shape index (κ2) is 13.8. The lowest BCUT2D eigenvalue weighted by atomic mass is 9.95. The molecule has 1 saturated heterocycles. The van der Waals surface area contributed by atoms with Crippen LogP contribution < -0.4 is 9.47 Å². The van der Waals surface area contributed by atoms with Crippen molar-refractivity contribution in [3.05, 3.63) is 89.7 Å². The van der Waals surface area contributed by atoms with E-state index in [0.29, 0.717) is 56.5 Å². The van der Waals surface area contributed by atoms with Crippen LogP contribution in [0.15, 0.2) is 78.6 Å². The molecule has 8 heteroatoms. The van der Waals surface area contributed by atoms with Crippen molar-refractivity contribution in [2.45, 2.75) is 19.4 Å². The minimum absolute atomic E-state index is 0.0563. The molecule has 2 aromatic carbocycles. The van der Waals surface area contributed by atoms with Crippen LogP contribution >= 0.6 is 0 Å². The van der Waals surface area contributed by atoms with E-state index in [2.05, 4.69) is 11.5 Å². The molecule has 1 amide bonds. The van der Waals surface area contributed by atoms with Crippen molar-refractivity contribution in [1.29, 1.82) is 0 Å². The molecule has 2 aliphatic rings. The third kappa shape index (κ3) is 6.96. The molecule has 0 radical (unpaired) electrons. The SMILES string of the molecule is C=CCOc1ccc(C2C(C(=O)/C=C/c3ccccc3)=C(O)C(=O)N2CCCN2CCOCC2)cc1OCC. The standard InChI is InChI=1S/C31H36N2O6/c1-3-19-39-26-14-12-24(22-27(26)38-4-2)29-28(25(34)13-11-23-9-6-5-7-10-23)30(35)31(36)33(29)16-8-15-32-17-20-37-21-18-32/h3,5-7,9-14,22,29,35H,1,4,8,15-21H2,2H3/b13-11+. The van der Waals surface area contributed by atoms with E-state index in [1.165, 1.54) is 6.08 Å². The van der Waals surface area contributed by atoms with Gasteiger partial charge in [0.05, 0.1) is 31.4 Å². The fourth-order valence-corrected chi connectivity index (χ4v) is 4.83. The zero-order valence-electron chi connectivity index (χ0n) is 22.4. The first-order chi connectivity index (χ1) is 19.0. The zero-order chi connectivity index (χ0) is 27.6. The third-order valence-electron chi connectivity index (χ3n) is 6.71. The molecule has 0 aromatic heterocycles.